The molecule has 3 nitrogen and oxygen atoms in total. The molecular weight excluding hydrogens is 252 g/mol. The third-order valence-electron chi connectivity index (χ3n) is 3.66. The van der Waals surface area contributed by atoms with E-state index in [4.69, 9.17) is 5.11 Å². The molecule has 0 aliphatic heterocycles. The molecule has 0 unspecified atom stereocenters. The topological polar surface area (TPSA) is 49.3 Å². The van der Waals surface area contributed by atoms with E-state index in [-0.39, 0.29) is 30.0 Å². The first kappa shape index (κ1) is 13.9. The van der Waals surface area contributed by atoms with Gasteiger partial charge in [0, 0.05) is 18.6 Å². The quantitative estimate of drug-likeness (QED) is 0.886. The maximum absolute atomic E-state index is 13.4. The van der Waals surface area contributed by atoms with Crippen molar-refractivity contribution in [2.75, 3.05) is 11.9 Å². The minimum Gasteiger partial charge on any atom is -0.396 e. The number of nitrogens with one attached hydrogen (secondary N) is 1. The van der Waals surface area contributed by atoms with Gasteiger partial charge in [-0.2, -0.15) is 0 Å². The van der Waals surface area contributed by atoms with Gasteiger partial charge in [-0.25, -0.2) is 8.78 Å². The highest BCUT2D eigenvalue weighted by molar-refractivity contribution is 5.92. The number of aliphatic hydroxyl groups excluding tert-OH is 1. The molecule has 1 aromatic carbocycles. The van der Waals surface area contributed by atoms with Crippen LogP contribution >= 0.6 is 0 Å². The summed E-state index contributed by atoms with van der Waals surface area (Å²) in [5.41, 5.74) is 0.00989. The molecule has 0 aromatic heterocycles. The third-order valence-corrected chi connectivity index (χ3v) is 3.66. The second-order valence-electron chi connectivity index (χ2n) is 5.01. The largest absolute Gasteiger partial charge is 0.396 e. The van der Waals surface area contributed by atoms with Crippen molar-refractivity contribution in [2.24, 2.45) is 11.8 Å². The number of carbonyl (C=O) groups is 1. The van der Waals surface area contributed by atoms with E-state index < -0.39 is 11.6 Å². The zero-order valence-corrected chi connectivity index (χ0v) is 10.5. The lowest BCUT2D eigenvalue weighted by Crippen LogP contribution is -2.28. The molecule has 0 heterocycles. The van der Waals surface area contributed by atoms with Gasteiger partial charge in [-0.15, -0.1) is 0 Å². The van der Waals surface area contributed by atoms with Crippen LogP contribution in [0.2, 0.25) is 0 Å². The minimum absolute atomic E-state index is 0.00989. The van der Waals surface area contributed by atoms with Crippen LogP contribution < -0.4 is 5.32 Å². The average Bonchev–Trinajstić information content (AvgIpc) is 2.42. The second-order valence-corrected chi connectivity index (χ2v) is 5.01. The molecule has 1 amide bonds. The van der Waals surface area contributed by atoms with Crippen LogP contribution in [0.5, 0.6) is 0 Å². The molecular formula is C14H17F2NO2. The van der Waals surface area contributed by atoms with E-state index in [2.05, 4.69) is 5.32 Å². The molecule has 5 heteroatoms. The van der Waals surface area contributed by atoms with Gasteiger partial charge in [-0.1, -0.05) is 0 Å². The Morgan fingerprint density at radius 1 is 1.26 bits per heavy atom. The van der Waals surface area contributed by atoms with Gasteiger partial charge in [0.05, 0.1) is 5.69 Å². The van der Waals surface area contributed by atoms with Gasteiger partial charge < -0.3 is 10.4 Å². The van der Waals surface area contributed by atoms with Crippen molar-refractivity contribution in [2.45, 2.75) is 25.7 Å². The van der Waals surface area contributed by atoms with Crippen molar-refractivity contribution < 1.29 is 18.7 Å². The molecule has 1 aliphatic carbocycles. The minimum atomic E-state index is -0.766. The monoisotopic (exact) mass is 269 g/mol. The Labute approximate surface area is 110 Å². The van der Waals surface area contributed by atoms with Crippen LogP contribution in [0.3, 0.4) is 0 Å². The van der Waals surface area contributed by atoms with Crippen LogP contribution in [0.4, 0.5) is 14.5 Å². The Hall–Kier alpha value is -1.49. The van der Waals surface area contributed by atoms with Crippen molar-refractivity contribution in [3.63, 3.8) is 0 Å². The van der Waals surface area contributed by atoms with E-state index in [0.29, 0.717) is 12.8 Å². The first-order valence-electron chi connectivity index (χ1n) is 6.47. The summed E-state index contributed by atoms with van der Waals surface area (Å²) in [5.74, 6) is -1.56. The van der Waals surface area contributed by atoms with E-state index in [1.165, 1.54) is 6.07 Å². The third kappa shape index (κ3) is 3.50. The van der Waals surface area contributed by atoms with Gasteiger partial charge in [-0.05, 0) is 43.7 Å². The Morgan fingerprint density at radius 3 is 2.53 bits per heavy atom. The Morgan fingerprint density at radius 2 is 1.95 bits per heavy atom. The highest BCUT2D eigenvalue weighted by Crippen LogP contribution is 2.29. The lowest BCUT2D eigenvalue weighted by molar-refractivity contribution is -0.121. The zero-order valence-electron chi connectivity index (χ0n) is 10.5. The van der Waals surface area contributed by atoms with Crippen LogP contribution in [-0.4, -0.2) is 17.6 Å². The van der Waals surface area contributed by atoms with Gasteiger partial charge in [0.15, 0.2) is 0 Å². The smallest absolute Gasteiger partial charge is 0.227 e. The van der Waals surface area contributed by atoms with Crippen LogP contribution in [0.25, 0.3) is 0 Å². The molecule has 0 spiro atoms. The maximum Gasteiger partial charge on any atom is 0.227 e. The summed E-state index contributed by atoms with van der Waals surface area (Å²) < 4.78 is 26.2. The van der Waals surface area contributed by atoms with Crippen LogP contribution in [-0.2, 0) is 4.79 Å². The Balaban J connectivity index is 1.94. The summed E-state index contributed by atoms with van der Waals surface area (Å²) in [6.07, 6.45) is 3.00. The second kappa shape index (κ2) is 6.10. The van der Waals surface area contributed by atoms with Gasteiger partial charge >= 0.3 is 0 Å². The number of rotatable bonds is 3. The van der Waals surface area contributed by atoms with E-state index in [0.717, 1.165) is 25.0 Å². The summed E-state index contributed by atoms with van der Waals surface area (Å²) in [7, 11) is 0. The molecule has 0 saturated heterocycles. The maximum atomic E-state index is 13.4. The number of halogens is 2. The fraction of sp³-hybridized carbons (Fsp3) is 0.500. The number of anilines is 1. The Bertz CT molecular complexity index is 457. The van der Waals surface area contributed by atoms with E-state index >= 15 is 0 Å². The number of benzene rings is 1. The van der Waals surface area contributed by atoms with E-state index in [1.54, 1.807) is 0 Å². The summed E-state index contributed by atoms with van der Waals surface area (Å²) in [6.45, 7) is 0.154. The molecule has 1 aromatic rings. The van der Waals surface area contributed by atoms with E-state index in [1.807, 2.05) is 0 Å². The first-order chi connectivity index (χ1) is 9.10. The Kier molecular flexibility index (Phi) is 4.47. The predicted molar refractivity (Wildman–Crippen MR) is 67.5 cm³/mol. The predicted octanol–water partition coefficient (Wildman–Crippen LogP) is 2.70. The molecule has 19 heavy (non-hydrogen) atoms. The van der Waals surface area contributed by atoms with Crippen molar-refractivity contribution in [1.82, 2.24) is 0 Å². The van der Waals surface area contributed by atoms with Crippen LogP contribution in [0.1, 0.15) is 25.7 Å². The highest BCUT2D eigenvalue weighted by Gasteiger charge is 2.26. The molecule has 1 aliphatic rings. The van der Waals surface area contributed by atoms with E-state index in [9.17, 15) is 13.6 Å². The lowest BCUT2D eigenvalue weighted by atomic mass is 9.82. The number of hydrogen-bond acceptors (Lipinski definition) is 2. The van der Waals surface area contributed by atoms with Gasteiger partial charge in [0.2, 0.25) is 5.91 Å². The fourth-order valence-corrected chi connectivity index (χ4v) is 2.43. The summed E-state index contributed by atoms with van der Waals surface area (Å²) >= 11 is 0. The molecule has 104 valence electrons. The standard InChI is InChI=1S/C14H17F2NO2/c15-11-5-6-13(12(16)7-11)17-14(19)10-3-1-9(8-18)2-4-10/h5-7,9-10,18H,1-4,8H2,(H,17,19). The molecule has 2 rings (SSSR count). The zero-order chi connectivity index (χ0) is 13.8. The van der Waals surface area contributed by atoms with Crippen LogP contribution in [0, 0.1) is 23.5 Å². The van der Waals surface area contributed by atoms with Crippen molar-refractivity contribution in [3.8, 4) is 0 Å². The lowest BCUT2D eigenvalue weighted by Gasteiger charge is -2.26. The van der Waals surface area contributed by atoms with Crippen molar-refractivity contribution in [3.05, 3.63) is 29.8 Å². The molecule has 1 fully saturated rings. The van der Waals surface area contributed by atoms with Crippen molar-refractivity contribution in [1.29, 1.82) is 0 Å². The number of amides is 1. The number of hydrogen-bond donors (Lipinski definition) is 2. The molecule has 1 saturated carbocycles. The first-order valence-corrected chi connectivity index (χ1v) is 6.47. The normalized spacial score (nSPS) is 23.1. The number of carbonyl (C=O) groups excluding carboxylic acids is 1. The van der Waals surface area contributed by atoms with Gasteiger partial charge in [-0.3, -0.25) is 4.79 Å². The molecule has 0 atom stereocenters. The SMILES string of the molecule is O=C(Nc1ccc(F)cc1F)C1CCC(CO)CC1. The molecule has 0 bridgehead atoms. The fourth-order valence-electron chi connectivity index (χ4n) is 2.43. The van der Waals surface area contributed by atoms with Gasteiger partial charge in [0.25, 0.3) is 0 Å². The van der Waals surface area contributed by atoms with Gasteiger partial charge in [0.1, 0.15) is 11.6 Å². The average molecular weight is 269 g/mol. The highest BCUT2D eigenvalue weighted by atomic mass is 19.1. The number of aliphatic hydroxyl groups is 1. The van der Waals surface area contributed by atoms with Crippen LogP contribution in [0.15, 0.2) is 18.2 Å². The summed E-state index contributed by atoms with van der Waals surface area (Å²) in [4.78, 5) is 12.0. The van der Waals surface area contributed by atoms with Crippen molar-refractivity contribution >= 4 is 11.6 Å². The summed E-state index contributed by atoms with van der Waals surface area (Å²) in [5, 5.41) is 11.5. The molecule has 0 radical (unpaired) electrons. The molecule has 2 N–H and O–H groups in total. The summed E-state index contributed by atoms with van der Waals surface area (Å²) in [6, 6.07) is 3.08.